The summed E-state index contributed by atoms with van der Waals surface area (Å²) in [6.45, 7) is 5.50. The Morgan fingerprint density at radius 3 is 2.43 bits per heavy atom. The molecule has 1 aromatic heterocycles. The van der Waals surface area contributed by atoms with E-state index < -0.39 is 5.56 Å². The zero-order chi connectivity index (χ0) is 20.1. The smallest absolute Gasteiger partial charge is 0.409 e. The van der Waals surface area contributed by atoms with E-state index in [9.17, 15) is 14.7 Å². The fraction of sp³-hybridized carbons (Fsp3) is 0.400. The summed E-state index contributed by atoms with van der Waals surface area (Å²) in [7, 11) is 0. The van der Waals surface area contributed by atoms with Crippen LogP contribution in [-0.2, 0) is 17.8 Å². The van der Waals surface area contributed by atoms with E-state index in [2.05, 4.69) is 20.8 Å². The van der Waals surface area contributed by atoms with Crippen LogP contribution in [0.5, 0.6) is 5.75 Å². The highest BCUT2D eigenvalue weighted by Crippen LogP contribution is 2.17. The van der Waals surface area contributed by atoms with Gasteiger partial charge in [0, 0.05) is 49.0 Å². The third kappa shape index (κ3) is 4.94. The normalized spacial score (nSPS) is 14.9. The molecule has 28 heavy (non-hydrogen) atoms. The second kappa shape index (κ2) is 9.25. The Labute approximate surface area is 172 Å². The van der Waals surface area contributed by atoms with Crippen LogP contribution < -0.4 is 5.56 Å². The summed E-state index contributed by atoms with van der Waals surface area (Å²) in [4.78, 5) is 28.1. The van der Waals surface area contributed by atoms with E-state index >= 15 is 0 Å². The second-order valence-electron chi connectivity index (χ2n) is 6.71. The fourth-order valence-electron chi connectivity index (χ4n) is 3.18. The molecule has 0 spiro atoms. The summed E-state index contributed by atoms with van der Waals surface area (Å²) in [5, 5.41) is 10.4. The monoisotopic (exact) mass is 449 g/mol. The Morgan fingerprint density at radius 1 is 1.11 bits per heavy atom. The largest absolute Gasteiger partial charge is 0.503 e. The van der Waals surface area contributed by atoms with Crippen LogP contribution in [0.15, 0.2) is 45.8 Å². The van der Waals surface area contributed by atoms with Crippen molar-refractivity contribution in [3.63, 3.8) is 0 Å². The second-order valence-corrected chi connectivity index (χ2v) is 7.63. The molecule has 0 bridgehead atoms. The zero-order valence-electron chi connectivity index (χ0n) is 15.8. The topological polar surface area (TPSA) is 75.0 Å². The van der Waals surface area contributed by atoms with Gasteiger partial charge < -0.3 is 19.3 Å². The van der Waals surface area contributed by atoms with Crippen molar-refractivity contribution in [3.8, 4) is 5.75 Å². The number of aromatic nitrogens is 1. The van der Waals surface area contributed by atoms with Crippen LogP contribution >= 0.6 is 15.9 Å². The lowest BCUT2D eigenvalue weighted by atomic mass is 10.2. The Balaban J connectivity index is 1.63. The number of benzene rings is 1. The quantitative estimate of drug-likeness (QED) is 0.759. The highest BCUT2D eigenvalue weighted by molar-refractivity contribution is 9.10. The summed E-state index contributed by atoms with van der Waals surface area (Å²) in [5.41, 5.74) is 1.18. The molecule has 0 atom stereocenters. The van der Waals surface area contributed by atoms with E-state index in [0.717, 1.165) is 10.0 Å². The summed E-state index contributed by atoms with van der Waals surface area (Å²) in [6.07, 6.45) is 1.43. The molecule has 1 aliphatic heterocycles. The number of nitrogens with zero attached hydrogens (tertiary/aromatic N) is 3. The van der Waals surface area contributed by atoms with Crippen LogP contribution in [-0.4, -0.2) is 58.4 Å². The van der Waals surface area contributed by atoms with E-state index in [1.807, 2.05) is 24.3 Å². The first kappa shape index (κ1) is 20.4. The molecule has 1 N–H and O–H groups in total. The van der Waals surface area contributed by atoms with Gasteiger partial charge in [-0.3, -0.25) is 9.69 Å². The van der Waals surface area contributed by atoms with E-state index in [1.165, 1.54) is 4.57 Å². The summed E-state index contributed by atoms with van der Waals surface area (Å²) in [6, 6.07) is 9.50. The summed E-state index contributed by atoms with van der Waals surface area (Å²) < 4.78 is 7.50. The van der Waals surface area contributed by atoms with Crippen LogP contribution in [0.1, 0.15) is 18.1 Å². The number of hydrogen-bond acceptors (Lipinski definition) is 5. The first-order valence-electron chi connectivity index (χ1n) is 9.27. The van der Waals surface area contributed by atoms with Gasteiger partial charge in [0.25, 0.3) is 5.56 Å². The van der Waals surface area contributed by atoms with Gasteiger partial charge in [-0.1, -0.05) is 28.1 Å². The van der Waals surface area contributed by atoms with Crippen molar-refractivity contribution in [3.05, 3.63) is 62.5 Å². The summed E-state index contributed by atoms with van der Waals surface area (Å²) in [5.74, 6) is -0.215. The highest BCUT2D eigenvalue weighted by atomic mass is 79.9. The van der Waals surface area contributed by atoms with Crippen LogP contribution in [0.3, 0.4) is 0 Å². The van der Waals surface area contributed by atoms with Gasteiger partial charge in [-0.15, -0.1) is 0 Å². The maximum atomic E-state index is 12.5. The average molecular weight is 450 g/mol. The van der Waals surface area contributed by atoms with Crippen molar-refractivity contribution in [2.75, 3.05) is 32.8 Å². The van der Waals surface area contributed by atoms with Crippen molar-refractivity contribution >= 4 is 22.0 Å². The first-order chi connectivity index (χ1) is 13.5. The van der Waals surface area contributed by atoms with Crippen LogP contribution in [0.4, 0.5) is 4.79 Å². The Kier molecular flexibility index (Phi) is 6.74. The molecule has 0 unspecified atom stereocenters. The lowest BCUT2D eigenvalue weighted by molar-refractivity contribution is 0.0776. The third-order valence-corrected chi connectivity index (χ3v) is 5.31. The maximum Gasteiger partial charge on any atom is 0.409 e. The number of rotatable bonds is 5. The van der Waals surface area contributed by atoms with E-state index in [0.29, 0.717) is 51.4 Å². The molecule has 3 rings (SSSR count). The Morgan fingerprint density at radius 2 is 1.79 bits per heavy atom. The standard InChI is InChI=1S/C20H24BrN3O4/c1-2-28-20(27)23-11-9-22(10-12-23)14-16-7-8-24(19(26)18(16)25)13-15-3-5-17(21)6-4-15/h3-8,25H,2,9-14H2,1H3. The molecule has 1 aliphatic rings. The molecule has 2 heterocycles. The number of pyridine rings is 1. The predicted molar refractivity (Wildman–Crippen MR) is 109 cm³/mol. The van der Waals surface area contributed by atoms with Crippen LogP contribution in [0.25, 0.3) is 0 Å². The van der Waals surface area contributed by atoms with Gasteiger partial charge >= 0.3 is 6.09 Å². The van der Waals surface area contributed by atoms with Crippen LogP contribution in [0.2, 0.25) is 0 Å². The van der Waals surface area contributed by atoms with Crippen molar-refractivity contribution in [1.29, 1.82) is 0 Å². The minimum Gasteiger partial charge on any atom is -0.503 e. The molecule has 0 saturated carbocycles. The fourth-order valence-corrected chi connectivity index (χ4v) is 3.45. The average Bonchev–Trinajstić information content (AvgIpc) is 2.70. The van der Waals surface area contributed by atoms with Gasteiger partial charge in [0.15, 0.2) is 5.75 Å². The molecular weight excluding hydrogens is 426 g/mol. The number of halogens is 1. The van der Waals surface area contributed by atoms with Gasteiger partial charge in [0.2, 0.25) is 0 Å². The third-order valence-electron chi connectivity index (χ3n) is 4.78. The SMILES string of the molecule is CCOC(=O)N1CCN(Cc2ccn(Cc3ccc(Br)cc3)c(=O)c2O)CC1. The Hall–Kier alpha value is -2.32. The van der Waals surface area contributed by atoms with E-state index in [1.54, 1.807) is 24.1 Å². The van der Waals surface area contributed by atoms with Crippen molar-refractivity contribution in [1.82, 2.24) is 14.4 Å². The molecule has 1 aromatic carbocycles. The number of amides is 1. The van der Waals surface area contributed by atoms with E-state index in [4.69, 9.17) is 4.74 Å². The minimum atomic E-state index is -0.398. The van der Waals surface area contributed by atoms with Gasteiger partial charge in [0.05, 0.1) is 13.2 Å². The van der Waals surface area contributed by atoms with E-state index in [-0.39, 0.29) is 11.8 Å². The van der Waals surface area contributed by atoms with Crippen molar-refractivity contribution < 1.29 is 14.6 Å². The number of ether oxygens (including phenoxy) is 1. The van der Waals surface area contributed by atoms with Gasteiger partial charge in [-0.05, 0) is 30.7 Å². The van der Waals surface area contributed by atoms with Crippen molar-refractivity contribution in [2.24, 2.45) is 0 Å². The number of aromatic hydroxyl groups is 1. The van der Waals surface area contributed by atoms with Gasteiger partial charge in [0.1, 0.15) is 0 Å². The minimum absolute atomic E-state index is 0.215. The first-order valence-corrected chi connectivity index (χ1v) is 10.1. The zero-order valence-corrected chi connectivity index (χ0v) is 17.4. The number of carbonyl (C=O) groups excluding carboxylic acids is 1. The molecule has 7 nitrogen and oxygen atoms in total. The van der Waals surface area contributed by atoms with Gasteiger partial charge in [-0.25, -0.2) is 4.79 Å². The molecule has 1 fully saturated rings. The van der Waals surface area contributed by atoms with Crippen LogP contribution in [0, 0.1) is 0 Å². The maximum absolute atomic E-state index is 12.5. The number of hydrogen-bond donors (Lipinski definition) is 1. The number of piperazine rings is 1. The number of carbonyl (C=O) groups is 1. The molecule has 1 amide bonds. The molecule has 8 heteroatoms. The lowest BCUT2D eigenvalue weighted by Crippen LogP contribution is -2.48. The van der Waals surface area contributed by atoms with Gasteiger partial charge in [-0.2, -0.15) is 0 Å². The molecule has 0 aliphatic carbocycles. The van der Waals surface area contributed by atoms with Crippen molar-refractivity contribution in [2.45, 2.75) is 20.0 Å². The Bertz CT molecular complexity index is 874. The molecule has 0 radical (unpaired) electrons. The highest BCUT2D eigenvalue weighted by Gasteiger charge is 2.23. The molecule has 2 aromatic rings. The molecular formula is C20H24BrN3O4. The molecule has 150 valence electrons. The lowest BCUT2D eigenvalue weighted by Gasteiger charge is -2.34. The predicted octanol–water partition coefficient (Wildman–Crippen LogP) is 2.64. The molecule has 1 saturated heterocycles. The summed E-state index contributed by atoms with van der Waals surface area (Å²) >= 11 is 3.39.